The molecule has 0 aliphatic heterocycles. The lowest BCUT2D eigenvalue weighted by Crippen LogP contribution is -2.45. The molecule has 1 saturated carbocycles. The molecule has 1 aliphatic carbocycles. The molecule has 1 aliphatic rings. The highest BCUT2D eigenvalue weighted by molar-refractivity contribution is 5.70. The highest BCUT2D eigenvalue weighted by Crippen LogP contribution is 2.39. The largest absolute Gasteiger partial charge is 0.388 e. The molecule has 0 saturated heterocycles. The predicted octanol–water partition coefficient (Wildman–Crippen LogP) is 6.33. The number of nitrogens with zero attached hydrogens (tertiary/aromatic N) is 5. The van der Waals surface area contributed by atoms with E-state index in [4.69, 9.17) is 14.8 Å². The van der Waals surface area contributed by atoms with Gasteiger partial charge in [-0.25, -0.2) is 4.52 Å². The molecule has 2 aromatic carbocycles. The van der Waals surface area contributed by atoms with Crippen molar-refractivity contribution < 1.29 is 9.84 Å². The number of hydrogen-bond donors (Lipinski definition) is 1. The molecule has 43 heavy (non-hydrogen) atoms. The molecule has 226 valence electrons. The third-order valence-electron chi connectivity index (χ3n) is 9.01. The number of aryl methyl sites for hydroxylation is 2. The van der Waals surface area contributed by atoms with Crippen LogP contribution in [0.25, 0.3) is 16.9 Å². The third kappa shape index (κ3) is 6.29. The molecular formula is C35H43N5O3. The lowest BCUT2D eigenvalue weighted by Gasteiger charge is -2.42. The summed E-state index contributed by atoms with van der Waals surface area (Å²) in [5.74, 6) is 1.25. The van der Waals surface area contributed by atoms with E-state index in [1.807, 2.05) is 71.5 Å². The van der Waals surface area contributed by atoms with Crippen molar-refractivity contribution in [1.29, 1.82) is 5.26 Å². The first-order valence-corrected chi connectivity index (χ1v) is 15.4. The number of fused-ring (bicyclic) bond motifs is 1. The van der Waals surface area contributed by atoms with Crippen molar-refractivity contribution in [3.05, 3.63) is 87.1 Å². The van der Waals surface area contributed by atoms with Crippen LogP contribution in [0.3, 0.4) is 0 Å². The van der Waals surface area contributed by atoms with Crippen molar-refractivity contribution in [3.8, 4) is 17.2 Å². The smallest absolute Gasteiger partial charge is 0.259 e. The first-order valence-electron chi connectivity index (χ1n) is 15.4. The van der Waals surface area contributed by atoms with Gasteiger partial charge >= 0.3 is 0 Å². The van der Waals surface area contributed by atoms with Gasteiger partial charge in [0.2, 0.25) is 5.78 Å². The van der Waals surface area contributed by atoms with Crippen LogP contribution >= 0.6 is 0 Å². The van der Waals surface area contributed by atoms with Gasteiger partial charge < -0.3 is 9.84 Å². The van der Waals surface area contributed by atoms with Crippen molar-refractivity contribution in [2.45, 2.75) is 110 Å². The zero-order valence-corrected chi connectivity index (χ0v) is 26.2. The van der Waals surface area contributed by atoms with Crippen LogP contribution in [-0.2, 0) is 17.6 Å². The molecule has 1 atom stereocenters. The average molecular weight is 582 g/mol. The summed E-state index contributed by atoms with van der Waals surface area (Å²) in [6, 6.07) is 18.0. The van der Waals surface area contributed by atoms with Crippen LogP contribution < -0.4 is 5.56 Å². The summed E-state index contributed by atoms with van der Waals surface area (Å²) in [5.41, 5.74) is 3.92. The van der Waals surface area contributed by atoms with Gasteiger partial charge in [0.25, 0.3) is 5.56 Å². The summed E-state index contributed by atoms with van der Waals surface area (Å²) in [6.45, 7) is 11.6. The van der Waals surface area contributed by atoms with Crippen molar-refractivity contribution in [3.63, 3.8) is 0 Å². The number of nitriles is 1. The number of hydrogen-bond acceptors (Lipinski definition) is 6. The molecule has 4 aromatic rings. The number of ether oxygens (including phenoxy) is 1. The molecule has 2 aromatic heterocycles. The molecule has 0 spiro atoms. The second-order valence-corrected chi connectivity index (χ2v) is 12.8. The fraction of sp³-hybridized carbons (Fsp3) is 0.486. The summed E-state index contributed by atoms with van der Waals surface area (Å²) >= 11 is 0. The number of aromatic nitrogens is 4. The van der Waals surface area contributed by atoms with E-state index < -0.39 is 5.60 Å². The van der Waals surface area contributed by atoms with E-state index in [1.165, 1.54) is 0 Å². The Labute approximate surface area is 254 Å². The minimum Gasteiger partial charge on any atom is -0.388 e. The van der Waals surface area contributed by atoms with E-state index in [0.717, 1.165) is 66.5 Å². The normalized spacial score (nSPS) is 19.8. The number of aliphatic hydroxyl groups is 1. The van der Waals surface area contributed by atoms with Gasteiger partial charge in [-0.3, -0.25) is 9.36 Å². The second-order valence-electron chi connectivity index (χ2n) is 12.8. The Morgan fingerprint density at radius 1 is 1.16 bits per heavy atom. The highest BCUT2D eigenvalue weighted by atomic mass is 16.5. The Kier molecular flexibility index (Phi) is 8.60. The first kappa shape index (κ1) is 30.7. The van der Waals surface area contributed by atoms with Gasteiger partial charge in [0.05, 0.1) is 34.6 Å². The first-order chi connectivity index (χ1) is 20.4. The van der Waals surface area contributed by atoms with Gasteiger partial charge in [-0.15, -0.1) is 0 Å². The van der Waals surface area contributed by atoms with Gasteiger partial charge in [-0.2, -0.15) is 15.3 Å². The highest BCUT2D eigenvalue weighted by Gasteiger charge is 2.38. The van der Waals surface area contributed by atoms with Crippen molar-refractivity contribution in [1.82, 2.24) is 19.2 Å². The Hall–Kier alpha value is -3.80. The van der Waals surface area contributed by atoms with Crippen LogP contribution in [-0.4, -0.2) is 41.6 Å². The summed E-state index contributed by atoms with van der Waals surface area (Å²) in [7, 11) is 0. The van der Waals surface area contributed by atoms with Gasteiger partial charge in [0, 0.05) is 18.0 Å². The lowest BCUT2D eigenvalue weighted by atomic mass is 9.82. The maximum atomic E-state index is 14.4. The predicted molar refractivity (Wildman–Crippen MR) is 168 cm³/mol. The zero-order chi connectivity index (χ0) is 30.9. The molecule has 0 amide bonds. The SMILES string of the molecule is CCCc1c(Cc2ccc(-c3ccccc3C#N)cc2)c(=O)n([C@H]2CC[C@](C)(OC(C)C(C)(C)O)CC2)c2nc(C)nn12. The van der Waals surface area contributed by atoms with E-state index in [2.05, 4.69) is 19.9 Å². The van der Waals surface area contributed by atoms with E-state index in [0.29, 0.717) is 23.6 Å². The van der Waals surface area contributed by atoms with Gasteiger partial charge in [-0.1, -0.05) is 55.8 Å². The molecule has 0 radical (unpaired) electrons. The maximum Gasteiger partial charge on any atom is 0.259 e. The number of rotatable bonds is 9. The van der Waals surface area contributed by atoms with Gasteiger partial charge in [-0.05, 0) is 89.5 Å². The van der Waals surface area contributed by atoms with Crippen LogP contribution in [0, 0.1) is 18.3 Å². The fourth-order valence-electron chi connectivity index (χ4n) is 6.23. The zero-order valence-electron chi connectivity index (χ0n) is 26.2. The summed E-state index contributed by atoms with van der Waals surface area (Å²) in [6.07, 6.45) is 4.90. The molecule has 8 heteroatoms. The molecule has 2 heterocycles. The van der Waals surface area contributed by atoms with Crippen LogP contribution in [0.4, 0.5) is 0 Å². The Morgan fingerprint density at radius 3 is 2.47 bits per heavy atom. The van der Waals surface area contributed by atoms with Gasteiger partial charge in [0.15, 0.2) is 0 Å². The van der Waals surface area contributed by atoms with E-state index in [9.17, 15) is 15.2 Å². The topological polar surface area (TPSA) is 105 Å². The van der Waals surface area contributed by atoms with Crippen LogP contribution in [0.1, 0.15) is 101 Å². The monoisotopic (exact) mass is 581 g/mol. The molecule has 1 unspecified atom stereocenters. The van der Waals surface area contributed by atoms with Crippen molar-refractivity contribution in [2.24, 2.45) is 0 Å². The minimum atomic E-state index is -0.927. The molecule has 8 nitrogen and oxygen atoms in total. The van der Waals surface area contributed by atoms with Crippen LogP contribution in [0.15, 0.2) is 53.3 Å². The van der Waals surface area contributed by atoms with Crippen molar-refractivity contribution in [2.75, 3.05) is 0 Å². The van der Waals surface area contributed by atoms with Crippen LogP contribution in [0.2, 0.25) is 0 Å². The van der Waals surface area contributed by atoms with Gasteiger partial charge in [0.1, 0.15) is 5.82 Å². The minimum absolute atomic E-state index is 0.00151. The molecule has 1 N–H and O–H groups in total. The van der Waals surface area contributed by atoms with E-state index >= 15 is 0 Å². The Morgan fingerprint density at radius 2 is 1.84 bits per heavy atom. The van der Waals surface area contributed by atoms with E-state index in [1.54, 1.807) is 13.8 Å². The third-order valence-corrected chi connectivity index (χ3v) is 9.01. The standard InChI is InChI=1S/C35H43N5O3/c1-7-10-31-30(21-25-13-15-26(16-14-25)29-12-9-8-11-27(29)22-36)32(41)39(33-37-24(3)38-40(31)33)28-17-19-35(6,20-18-28)43-23(2)34(4,5)42/h8-9,11-16,23,28,42H,7,10,17-21H2,1-6H3/t23?,28-,35-. The fourth-order valence-corrected chi connectivity index (χ4v) is 6.23. The molecule has 1 fully saturated rings. The summed E-state index contributed by atoms with van der Waals surface area (Å²) in [5, 5.41) is 24.7. The molecule has 0 bridgehead atoms. The maximum absolute atomic E-state index is 14.4. The van der Waals surface area contributed by atoms with Crippen molar-refractivity contribution >= 4 is 5.78 Å². The summed E-state index contributed by atoms with van der Waals surface area (Å²) < 4.78 is 10.1. The molecular weight excluding hydrogens is 538 g/mol. The quantitative estimate of drug-likeness (QED) is 0.248. The summed E-state index contributed by atoms with van der Waals surface area (Å²) in [4.78, 5) is 19.2. The Balaban J connectivity index is 1.50. The average Bonchev–Trinajstić information content (AvgIpc) is 3.36. The molecule has 5 rings (SSSR count). The van der Waals surface area contributed by atoms with E-state index in [-0.39, 0.29) is 23.3 Å². The Bertz CT molecular complexity index is 1700. The second kappa shape index (κ2) is 12.1. The lowest BCUT2D eigenvalue weighted by molar-refractivity contribution is -0.163. The number of benzene rings is 2. The van der Waals surface area contributed by atoms with Crippen LogP contribution in [0.5, 0.6) is 0 Å².